The molecule has 15 heteroatoms. The van der Waals surface area contributed by atoms with Crippen molar-refractivity contribution in [3.05, 3.63) is 0 Å². The van der Waals surface area contributed by atoms with Gasteiger partial charge < -0.3 is 52.4 Å². The van der Waals surface area contributed by atoms with Gasteiger partial charge in [0, 0.05) is 39.1 Å². The Morgan fingerprint density at radius 1 is 0.382 bits per heavy atom. The monoisotopic (exact) mass is 1270 g/mol. The summed E-state index contributed by atoms with van der Waals surface area (Å²) in [7, 11) is 2.08. The van der Waals surface area contributed by atoms with E-state index in [0.717, 1.165) is 135 Å². The number of carbonyl (C=O) groups excluding carboxylic acids is 4. The summed E-state index contributed by atoms with van der Waals surface area (Å²) in [6, 6.07) is 0. The van der Waals surface area contributed by atoms with Crippen LogP contribution in [0.4, 0.5) is 0 Å². The second-order valence-corrected chi connectivity index (χ2v) is 25.8. The summed E-state index contributed by atoms with van der Waals surface area (Å²) in [5, 5.41) is 0. The zero-order valence-corrected chi connectivity index (χ0v) is 58.9. The Bertz CT molecular complexity index is 1520. The van der Waals surface area contributed by atoms with E-state index in [2.05, 4.69) is 46.6 Å². The Kier molecular flexibility index (Phi) is 62.4. The fraction of sp³-hybridized carbons (Fsp3) is 0.946. The van der Waals surface area contributed by atoms with Crippen molar-refractivity contribution in [3.8, 4) is 0 Å². The van der Waals surface area contributed by atoms with Crippen LogP contribution in [0.3, 0.4) is 0 Å². The molecule has 0 radical (unpaired) electrons. The zero-order chi connectivity index (χ0) is 64.6. The van der Waals surface area contributed by atoms with E-state index in [0.29, 0.717) is 92.0 Å². The second-order valence-electron chi connectivity index (χ2n) is 25.8. The minimum absolute atomic E-state index is 0.00935. The highest BCUT2D eigenvalue weighted by molar-refractivity contribution is 5.81. The molecule has 0 aliphatic carbocycles. The molecule has 15 nitrogen and oxygen atoms in total. The molecule has 0 saturated carbocycles. The molecule has 0 aromatic rings. The summed E-state index contributed by atoms with van der Waals surface area (Å²) in [5.41, 5.74) is 0. The predicted molar refractivity (Wildman–Crippen MR) is 364 cm³/mol. The molecule has 1 rings (SSSR count). The maximum atomic E-state index is 14.5. The van der Waals surface area contributed by atoms with Crippen LogP contribution in [0.25, 0.3) is 0 Å². The maximum Gasteiger partial charge on any atom is 0.309 e. The molecule has 89 heavy (non-hydrogen) atoms. The highest BCUT2D eigenvalue weighted by Gasteiger charge is 2.27. The molecule has 0 aromatic heterocycles. The van der Waals surface area contributed by atoms with Gasteiger partial charge in [-0.25, -0.2) is 0 Å². The first-order valence-electron chi connectivity index (χ1n) is 37.7. The molecule has 1 saturated heterocycles. The molecule has 1 unspecified atom stereocenters. The fourth-order valence-electron chi connectivity index (χ4n) is 11.5. The van der Waals surface area contributed by atoms with Crippen LogP contribution in [0.5, 0.6) is 0 Å². The normalized spacial score (nSPS) is 13.4. The summed E-state index contributed by atoms with van der Waals surface area (Å²) >= 11 is 0. The third kappa shape index (κ3) is 54.7. The van der Waals surface area contributed by atoms with E-state index in [1.165, 1.54) is 148 Å². The SMILES string of the molecule is CCCCCCCCC(CCCCCCCC)OC(=O)CCCCCOCC(OCCCCCC(=O)OC(CCCCCCCC)CCCCCCCC)C(=O)N(CCCCCCCC)CCOCCOCCOCCOCCOC(=O)C1CCN(C)CC1. The van der Waals surface area contributed by atoms with Gasteiger partial charge in [-0.1, -0.05) is 208 Å². The smallest absolute Gasteiger partial charge is 0.309 e. The lowest BCUT2D eigenvalue weighted by atomic mass is 9.97. The van der Waals surface area contributed by atoms with Gasteiger partial charge in [-0.2, -0.15) is 0 Å². The van der Waals surface area contributed by atoms with Crippen molar-refractivity contribution in [2.45, 2.75) is 335 Å². The number of nitrogens with zero attached hydrogens (tertiary/aromatic N) is 2. The van der Waals surface area contributed by atoms with Crippen molar-refractivity contribution < 1.29 is 61.8 Å². The van der Waals surface area contributed by atoms with Crippen molar-refractivity contribution >= 4 is 23.8 Å². The molecule has 1 fully saturated rings. The lowest BCUT2D eigenvalue weighted by Gasteiger charge is -2.28. The number of piperidine rings is 1. The highest BCUT2D eigenvalue weighted by atomic mass is 16.6. The quantitative estimate of drug-likeness (QED) is 0.0322. The van der Waals surface area contributed by atoms with Crippen molar-refractivity contribution in [3.63, 3.8) is 0 Å². The first kappa shape index (κ1) is 84.6. The lowest BCUT2D eigenvalue weighted by molar-refractivity contribution is -0.152. The van der Waals surface area contributed by atoms with Crippen LogP contribution in [0, 0.1) is 5.92 Å². The van der Waals surface area contributed by atoms with Crippen LogP contribution >= 0.6 is 0 Å². The van der Waals surface area contributed by atoms with Crippen LogP contribution in [0.1, 0.15) is 317 Å². The molecule has 0 aromatic carbocycles. The summed E-state index contributed by atoms with van der Waals surface area (Å²) in [6.45, 7) is 18.6. The highest BCUT2D eigenvalue weighted by Crippen LogP contribution is 2.22. The van der Waals surface area contributed by atoms with E-state index in [4.69, 9.17) is 42.6 Å². The second kappa shape index (κ2) is 65.7. The molecule has 1 aliphatic rings. The minimum Gasteiger partial charge on any atom is -0.463 e. The number of esters is 3. The van der Waals surface area contributed by atoms with Gasteiger partial charge in [0.1, 0.15) is 18.8 Å². The molecule has 0 spiro atoms. The summed E-state index contributed by atoms with van der Waals surface area (Å²) in [4.78, 5) is 57.3. The van der Waals surface area contributed by atoms with Gasteiger partial charge in [-0.15, -0.1) is 0 Å². The van der Waals surface area contributed by atoms with Crippen molar-refractivity contribution in [1.82, 2.24) is 9.80 Å². The third-order valence-corrected chi connectivity index (χ3v) is 17.4. The average molecular weight is 1270 g/mol. The Morgan fingerprint density at radius 2 is 0.742 bits per heavy atom. The Labute approximate surface area is 547 Å². The number of rotatable bonds is 69. The van der Waals surface area contributed by atoms with Crippen molar-refractivity contribution in [2.75, 3.05) is 113 Å². The zero-order valence-electron chi connectivity index (χ0n) is 58.9. The molecule has 1 aliphatic heterocycles. The Morgan fingerprint density at radius 3 is 1.17 bits per heavy atom. The molecule has 1 atom stereocenters. The van der Waals surface area contributed by atoms with Crippen LogP contribution in [-0.2, 0) is 61.8 Å². The van der Waals surface area contributed by atoms with Gasteiger partial charge in [-0.3, -0.25) is 19.2 Å². The number of hydrogen-bond donors (Lipinski definition) is 0. The molecule has 1 heterocycles. The minimum atomic E-state index is -0.768. The van der Waals surface area contributed by atoms with Crippen LogP contribution < -0.4 is 0 Å². The topological polar surface area (TPSA) is 158 Å². The third-order valence-electron chi connectivity index (χ3n) is 17.4. The number of ether oxygens (including phenoxy) is 9. The first-order chi connectivity index (χ1) is 43.7. The standard InChI is InChI=1S/C74H142N2O13/c1-7-12-17-22-27-34-43-68(44-35-28-23-18-13-8-2)88-71(77)47-38-32-41-55-85-66-70(86-56-42-33-39-48-72(78)89-69(45-36-29-24-19-14-9-3)46-37-30-25-20-15-10-4)73(79)76(51-40-31-26-21-16-11-5)54-57-81-58-59-82-60-61-83-62-63-84-64-65-87-74(80)67-49-52-75(6)53-50-67/h67-70H,7-66H2,1-6H3. The first-order valence-corrected chi connectivity index (χ1v) is 37.7. The van der Waals surface area contributed by atoms with Gasteiger partial charge >= 0.3 is 17.9 Å². The van der Waals surface area contributed by atoms with E-state index in [-0.39, 0.29) is 55.2 Å². The summed E-state index contributed by atoms with van der Waals surface area (Å²) < 4.78 is 53.4. The number of carbonyl (C=O) groups is 4. The Hall–Kier alpha value is -2.40. The van der Waals surface area contributed by atoms with Crippen LogP contribution in [0.2, 0.25) is 0 Å². The van der Waals surface area contributed by atoms with E-state index >= 15 is 0 Å². The van der Waals surface area contributed by atoms with E-state index in [1.807, 2.05) is 4.90 Å². The van der Waals surface area contributed by atoms with Gasteiger partial charge in [0.25, 0.3) is 5.91 Å². The van der Waals surface area contributed by atoms with Crippen molar-refractivity contribution in [1.29, 1.82) is 0 Å². The summed E-state index contributed by atoms with van der Waals surface area (Å²) in [5.74, 6) is -0.391. The molecule has 0 bridgehead atoms. The van der Waals surface area contributed by atoms with Gasteiger partial charge in [0.15, 0.2) is 6.10 Å². The van der Waals surface area contributed by atoms with E-state index in [1.54, 1.807) is 0 Å². The Balaban J connectivity index is 2.80. The van der Waals surface area contributed by atoms with Crippen molar-refractivity contribution in [2.24, 2.45) is 5.92 Å². The molecule has 1 amide bonds. The van der Waals surface area contributed by atoms with Gasteiger partial charge in [0.05, 0.1) is 65.4 Å². The van der Waals surface area contributed by atoms with Gasteiger partial charge in [-0.05, 0) is 116 Å². The number of amides is 1. The number of hydrogen-bond acceptors (Lipinski definition) is 14. The number of likely N-dealkylation sites (tertiary alicyclic amines) is 1. The number of unbranched alkanes of at least 4 members (excludes halogenated alkanes) is 29. The predicted octanol–water partition coefficient (Wildman–Crippen LogP) is 17.5. The van der Waals surface area contributed by atoms with Gasteiger partial charge in [0.2, 0.25) is 0 Å². The van der Waals surface area contributed by atoms with Crippen LogP contribution in [0.15, 0.2) is 0 Å². The largest absolute Gasteiger partial charge is 0.463 e. The molecular weight excluding hydrogens is 1120 g/mol. The van der Waals surface area contributed by atoms with Crippen LogP contribution in [-0.4, -0.2) is 164 Å². The van der Waals surface area contributed by atoms with E-state index < -0.39 is 6.10 Å². The maximum absolute atomic E-state index is 14.5. The average Bonchev–Trinajstić information content (AvgIpc) is 3.75. The lowest BCUT2D eigenvalue weighted by Crippen LogP contribution is -2.45. The van der Waals surface area contributed by atoms with E-state index in [9.17, 15) is 19.2 Å². The molecule has 526 valence electrons. The molecular formula is C74H142N2O13. The molecule has 0 N–H and O–H groups in total. The fourth-order valence-corrected chi connectivity index (χ4v) is 11.5. The summed E-state index contributed by atoms with van der Waals surface area (Å²) in [6.07, 6.45) is 46.5.